The molecule has 0 spiro atoms. The van der Waals surface area contributed by atoms with Gasteiger partial charge in [0.15, 0.2) is 6.61 Å². The zero-order valence-electron chi connectivity index (χ0n) is 19.3. The minimum absolute atomic E-state index is 0.120. The summed E-state index contributed by atoms with van der Waals surface area (Å²) in [5.41, 5.74) is 2.00. The van der Waals surface area contributed by atoms with Gasteiger partial charge in [0.05, 0.1) is 10.0 Å². The van der Waals surface area contributed by atoms with Crippen molar-refractivity contribution in [3.63, 3.8) is 0 Å². The van der Waals surface area contributed by atoms with Crippen molar-refractivity contribution in [3.8, 4) is 5.75 Å². The van der Waals surface area contributed by atoms with Gasteiger partial charge in [-0.05, 0) is 61.1 Å². The number of aryl methyl sites for hydroxylation is 1. The van der Waals surface area contributed by atoms with Crippen molar-refractivity contribution in [2.75, 3.05) is 6.61 Å². The Kier molecular flexibility index (Phi) is 9.45. The minimum Gasteiger partial charge on any atom is -0.484 e. The van der Waals surface area contributed by atoms with Crippen LogP contribution in [0, 0.1) is 0 Å². The van der Waals surface area contributed by atoms with E-state index in [1.54, 1.807) is 17.0 Å². The zero-order valence-corrected chi connectivity index (χ0v) is 20.8. The van der Waals surface area contributed by atoms with E-state index in [2.05, 4.69) is 12.2 Å². The number of hydrogen-bond acceptors (Lipinski definition) is 3. The summed E-state index contributed by atoms with van der Waals surface area (Å²) in [6.07, 6.45) is 5.65. The molecule has 1 saturated carbocycles. The second kappa shape index (κ2) is 12.3. The molecule has 1 N–H and O–H groups in total. The van der Waals surface area contributed by atoms with Gasteiger partial charge in [0.25, 0.3) is 5.91 Å². The predicted octanol–water partition coefficient (Wildman–Crippen LogP) is 5.80. The molecule has 1 fully saturated rings. The van der Waals surface area contributed by atoms with Crippen LogP contribution in [0.1, 0.15) is 57.1 Å². The maximum Gasteiger partial charge on any atom is 0.261 e. The number of amides is 2. The first kappa shape index (κ1) is 25.4. The second-order valence-electron chi connectivity index (χ2n) is 8.47. The van der Waals surface area contributed by atoms with Crippen molar-refractivity contribution in [2.24, 2.45) is 0 Å². The van der Waals surface area contributed by atoms with Crippen molar-refractivity contribution in [3.05, 3.63) is 63.6 Å². The number of ether oxygens (including phenoxy) is 1. The van der Waals surface area contributed by atoms with Gasteiger partial charge in [-0.25, -0.2) is 0 Å². The van der Waals surface area contributed by atoms with Crippen LogP contribution >= 0.6 is 23.2 Å². The van der Waals surface area contributed by atoms with Crippen LogP contribution in [0.5, 0.6) is 5.75 Å². The molecule has 1 aliphatic carbocycles. The van der Waals surface area contributed by atoms with E-state index in [1.807, 2.05) is 37.3 Å². The van der Waals surface area contributed by atoms with Gasteiger partial charge in [0.2, 0.25) is 5.91 Å². The summed E-state index contributed by atoms with van der Waals surface area (Å²) in [5.74, 6) is 0.248. The van der Waals surface area contributed by atoms with Crippen molar-refractivity contribution in [2.45, 2.75) is 71.0 Å². The van der Waals surface area contributed by atoms with Crippen LogP contribution in [-0.4, -0.2) is 35.4 Å². The first-order valence-corrected chi connectivity index (χ1v) is 12.4. The Morgan fingerprint density at radius 2 is 1.70 bits per heavy atom. The fourth-order valence-corrected chi connectivity index (χ4v) is 4.49. The fourth-order valence-electron chi connectivity index (χ4n) is 4.17. The number of nitrogens with one attached hydrogen (secondary N) is 1. The van der Waals surface area contributed by atoms with Crippen molar-refractivity contribution in [1.82, 2.24) is 10.2 Å². The van der Waals surface area contributed by atoms with Crippen LogP contribution in [0.15, 0.2) is 42.5 Å². The quantitative estimate of drug-likeness (QED) is 0.457. The number of carbonyl (C=O) groups is 2. The van der Waals surface area contributed by atoms with Gasteiger partial charge in [-0.3, -0.25) is 9.59 Å². The molecule has 7 heteroatoms. The summed E-state index contributed by atoms with van der Waals surface area (Å²) in [7, 11) is 0. The molecule has 33 heavy (non-hydrogen) atoms. The highest BCUT2D eigenvalue weighted by Crippen LogP contribution is 2.25. The number of rotatable bonds is 10. The highest BCUT2D eigenvalue weighted by Gasteiger charge is 2.31. The van der Waals surface area contributed by atoms with Crippen molar-refractivity contribution < 1.29 is 14.3 Å². The maximum atomic E-state index is 13.3. The van der Waals surface area contributed by atoms with Gasteiger partial charge in [0.1, 0.15) is 11.8 Å². The van der Waals surface area contributed by atoms with Crippen molar-refractivity contribution >= 4 is 35.0 Å². The number of hydrogen-bond donors (Lipinski definition) is 1. The normalized spacial score (nSPS) is 14.7. The SMILES string of the molecule is CCc1ccc(OCC(=O)N(Cc2ccc(Cl)c(Cl)c2)C(CC)C(=O)NC2CCCC2)cc1. The van der Waals surface area contributed by atoms with E-state index < -0.39 is 6.04 Å². The van der Waals surface area contributed by atoms with Gasteiger partial charge < -0.3 is 15.0 Å². The molecule has 1 atom stereocenters. The van der Waals surface area contributed by atoms with Crippen LogP contribution in [0.2, 0.25) is 10.0 Å². The average molecular weight is 491 g/mol. The Morgan fingerprint density at radius 3 is 2.30 bits per heavy atom. The summed E-state index contributed by atoms with van der Waals surface area (Å²) in [5, 5.41) is 4.00. The van der Waals surface area contributed by atoms with Gasteiger partial charge in [-0.1, -0.05) is 68.1 Å². The van der Waals surface area contributed by atoms with E-state index in [9.17, 15) is 9.59 Å². The molecule has 1 aliphatic rings. The standard InChI is InChI=1S/C26H32Cl2N2O3/c1-3-18-9-12-21(13-10-18)33-17-25(31)30(16-19-11-14-22(27)23(28)15-19)24(4-2)26(32)29-20-7-5-6-8-20/h9-15,20,24H,3-8,16-17H2,1-2H3,(H,29,32). The molecule has 178 valence electrons. The van der Waals surface area contributed by atoms with Gasteiger partial charge in [-0.15, -0.1) is 0 Å². The highest BCUT2D eigenvalue weighted by molar-refractivity contribution is 6.42. The molecule has 2 amide bonds. The third-order valence-electron chi connectivity index (χ3n) is 6.12. The van der Waals surface area contributed by atoms with Gasteiger partial charge >= 0.3 is 0 Å². The smallest absolute Gasteiger partial charge is 0.261 e. The second-order valence-corrected chi connectivity index (χ2v) is 9.28. The fraction of sp³-hybridized carbons (Fsp3) is 0.462. The molecular formula is C26H32Cl2N2O3. The number of nitrogens with zero attached hydrogens (tertiary/aromatic N) is 1. The van der Waals surface area contributed by atoms with Crippen LogP contribution in [0.25, 0.3) is 0 Å². The molecular weight excluding hydrogens is 459 g/mol. The van der Waals surface area contributed by atoms with Crippen molar-refractivity contribution in [1.29, 1.82) is 0 Å². The topological polar surface area (TPSA) is 58.6 Å². The molecule has 0 heterocycles. The lowest BCUT2D eigenvalue weighted by atomic mass is 10.1. The third-order valence-corrected chi connectivity index (χ3v) is 6.86. The lowest BCUT2D eigenvalue weighted by molar-refractivity contribution is -0.143. The summed E-state index contributed by atoms with van der Waals surface area (Å²) in [6.45, 7) is 4.09. The highest BCUT2D eigenvalue weighted by atomic mass is 35.5. The van der Waals surface area contributed by atoms with E-state index in [-0.39, 0.29) is 31.0 Å². The molecule has 5 nitrogen and oxygen atoms in total. The van der Waals surface area contributed by atoms with Crippen LogP contribution in [0.3, 0.4) is 0 Å². The molecule has 0 aliphatic heterocycles. The first-order chi connectivity index (χ1) is 15.9. The van der Waals surface area contributed by atoms with E-state index in [0.29, 0.717) is 22.2 Å². The molecule has 0 bridgehead atoms. The average Bonchev–Trinajstić information content (AvgIpc) is 3.33. The van der Waals surface area contributed by atoms with Gasteiger partial charge in [0, 0.05) is 12.6 Å². The Hall–Kier alpha value is -2.24. The molecule has 1 unspecified atom stereocenters. The lowest BCUT2D eigenvalue weighted by Crippen LogP contribution is -2.52. The van der Waals surface area contributed by atoms with Gasteiger partial charge in [-0.2, -0.15) is 0 Å². The Labute approximate surface area is 206 Å². The lowest BCUT2D eigenvalue weighted by Gasteiger charge is -2.31. The first-order valence-electron chi connectivity index (χ1n) is 11.7. The van der Waals surface area contributed by atoms with E-state index in [4.69, 9.17) is 27.9 Å². The number of halogens is 2. The summed E-state index contributed by atoms with van der Waals surface area (Å²) in [4.78, 5) is 28.0. The number of benzene rings is 2. The number of carbonyl (C=O) groups excluding carboxylic acids is 2. The summed E-state index contributed by atoms with van der Waals surface area (Å²) >= 11 is 12.3. The van der Waals surface area contributed by atoms with E-state index in [0.717, 1.165) is 37.7 Å². The summed E-state index contributed by atoms with van der Waals surface area (Å²) < 4.78 is 5.77. The molecule has 0 radical (unpaired) electrons. The van der Waals surface area contributed by atoms with Crippen LogP contribution in [-0.2, 0) is 22.6 Å². The molecule has 2 aromatic rings. The van der Waals surface area contributed by atoms with Crippen LogP contribution < -0.4 is 10.1 Å². The maximum absolute atomic E-state index is 13.3. The van der Waals surface area contributed by atoms with Crippen LogP contribution in [0.4, 0.5) is 0 Å². The third kappa shape index (κ3) is 7.12. The minimum atomic E-state index is -0.598. The monoisotopic (exact) mass is 490 g/mol. The Bertz CT molecular complexity index is 943. The Balaban J connectivity index is 1.76. The Morgan fingerprint density at radius 1 is 1.03 bits per heavy atom. The molecule has 0 saturated heterocycles. The largest absolute Gasteiger partial charge is 0.484 e. The summed E-state index contributed by atoms with van der Waals surface area (Å²) in [6, 6.07) is 12.5. The predicted molar refractivity (Wildman–Crippen MR) is 133 cm³/mol. The van der Waals surface area contributed by atoms with E-state index >= 15 is 0 Å². The molecule has 0 aromatic heterocycles. The molecule has 2 aromatic carbocycles. The van der Waals surface area contributed by atoms with E-state index in [1.165, 1.54) is 5.56 Å². The molecule has 3 rings (SSSR count). The zero-order chi connectivity index (χ0) is 23.8.